The molecule has 0 bridgehead atoms. The highest BCUT2D eigenvalue weighted by Crippen LogP contribution is 2.36. The van der Waals surface area contributed by atoms with Crippen molar-refractivity contribution in [1.82, 2.24) is 9.80 Å². The third-order valence-corrected chi connectivity index (χ3v) is 4.67. The van der Waals surface area contributed by atoms with Gasteiger partial charge in [-0.3, -0.25) is 9.59 Å². The lowest BCUT2D eigenvalue weighted by atomic mass is 10.1. The molecule has 1 fully saturated rings. The van der Waals surface area contributed by atoms with Gasteiger partial charge < -0.3 is 19.3 Å². The van der Waals surface area contributed by atoms with E-state index in [1.807, 2.05) is 36.9 Å². The minimum absolute atomic E-state index is 0.00854. The summed E-state index contributed by atoms with van der Waals surface area (Å²) in [6.07, 6.45) is 1.60. The second-order valence-corrected chi connectivity index (χ2v) is 6.58. The summed E-state index contributed by atoms with van der Waals surface area (Å²) in [4.78, 5) is 28.4. The molecule has 24 heavy (non-hydrogen) atoms. The maximum atomic E-state index is 13.1. The average Bonchev–Trinajstić information content (AvgIpc) is 3.20. The number of hydrogen-bond acceptors (Lipinski definition) is 4. The predicted octanol–water partition coefficient (Wildman–Crippen LogP) is 2.16. The zero-order chi connectivity index (χ0) is 17.3. The molecular formula is C18H24N2O4. The highest BCUT2D eigenvalue weighted by atomic mass is 16.7. The van der Waals surface area contributed by atoms with Gasteiger partial charge in [-0.25, -0.2) is 0 Å². The van der Waals surface area contributed by atoms with E-state index >= 15 is 0 Å². The number of amides is 2. The van der Waals surface area contributed by atoms with Gasteiger partial charge in [0.2, 0.25) is 18.6 Å². The average molecular weight is 332 g/mol. The topological polar surface area (TPSA) is 59.1 Å². The third kappa shape index (κ3) is 3.05. The molecule has 1 saturated heterocycles. The van der Waals surface area contributed by atoms with Crippen LogP contribution in [0.15, 0.2) is 18.2 Å². The number of rotatable bonds is 4. The highest BCUT2D eigenvalue weighted by Gasteiger charge is 2.36. The van der Waals surface area contributed by atoms with E-state index in [1.165, 1.54) is 6.92 Å². The number of para-hydroxylation sites is 1. The van der Waals surface area contributed by atoms with E-state index in [1.54, 1.807) is 4.90 Å². The van der Waals surface area contributed by atoms with Crippen LogP contribution in [0, 0.1) is 0 Å². The number of hydrogen-bond donors (Lipinski definition) is 0. The van der Waals surface area contributed by atoms with Crippen LogP contribution >= 0.6 is 0 Å². The van der Waals surface area contributed by atoms with E-state index in [9.17, 15) is 9.59 Å². The molecule has 2 heterocycles. The molecule has 2 aliphatic rings. The maximum Gasteiger partial charge on any atom is 0.245 e. The maximum absolute atomic E-state index is 13.1. The van der Waals surface area contributed by atoms with Crippen molar-refractivity contribution >= 4 is 11.8 Å². The van der Waals surface area contributed by atoms with Crippen LogP contribution in [0.3, 0.4) is 0 Å². The molecule has 6 nitrogen and oxygen atoms in total. The lowest BCUT2D eigenvalue weighted by molar-refractivity contribution is -0.144. The van der Waals surface area contributed by atoms with Gasteiger partial charge in [-0.1, -0.05) is 12.1 Å². The fourth-order valence-corrected chi connectivity index (χ4v) is 3.41. The molecule has 0 N–H and O–H groups in total. The van der Waals surface area contributed by atoms with Crippen molar-refractivity contribution in [1.29, 1.82) is 0 Å². The summed E-state index contributed by atoms with van der Waals surface area (Å²) in [5.74, 6) is 1.40. The molecule has 2 amide bonds. The van der Waals surface area contributed by atoms with E-state index < -0.39 is 0 Å². The lowest BCUT2D eigenvalue weighted by Gasteiger charge is -2.32. The van der Waals surface area contributed by atoms with Crippen molar-refractivity contribution in [2.75, 3.05) is 13.3 Å². The van der Waals surface area contributed by atoms with Gasteiger partial charge in [0.15, 0.2) is 11.5 Å². The second-order valence-electron chi connectivity index (χ2n) is 6.58. The lowest BCUT2D eigenvalue weighted by Crippen LogP contribution is -2.49. The summed E-state index contributed by atoms with van der Waals surface area (Å²) in [7, 11) is 0. The fraction of sp³-hybridized carbons (Fsp3) is 0.556. The number of nitrogens with zero attached hydrogens (tertiary/aromatic N) is 2. The Morgan fingerprint density at radius 3 is 2.83 bits per heavy atom. The minimum atomic E-state index is -0.348. The van der Waals surface area contributed by atoms with E-state index in [2.05, 4.69) is 0 Å². The molecule has 0 aliphatic carbocycles. The van der Waals surface area contributed by atoms with Gasteiger partial charge in [0.1, 0.15) is 6.04 Å². The number of ether oxygens (including phenoxy) is 2. The first kappa shape index (κ1) is 16.6. The fourth-order valence-electron chi connectivity index (χ4n) is 3.41. The summed E-state index contributed by atoms with van der Waals surface area (Å²) in [5, 5.41) is 0. The van der Waals surface area contributed by atoms with Gasteiger partial charge in [-0.05, 0) is 32.8 Å². The number of benzene rings is 1. The van der Waals surface area contributed by atoms with Crippen LogP contribution in [0.1, 0.15) is 39.2 Å². The van der Waals surface area contributed by atoms with Crippen LogP contribution in [-0.2, 0) is 16.1 Å². The molecule has 1 aromatic carbocycles. The zero-order valence-electron chi connectivity index (χ0n) is 14.4. The first-order valence-corrected chi connectivity index (χ1v) is 8.44. The third-order valence-electron chi connectivity index (χ3n) is 4.67. The molecule has 0 unspecified atom stereocenters. The molecule has 0 radical (unpaired) electrons. The van der Waals surface area contributed by atoms with Crippen LogP contribution < -0.4 is 9.47 Å². The van der Waals surface area contributed by atoms with Crippen molar-refractivity contribution in [3.8, 4) is 11.5 Å². The van der Waals surface area contributed by atoms with Crippen LogP contribution in [0.4, 0.5) is 0 Å². The Bertz CT molecular complexity index is 644. The molecule has 130 valence electrons. The molecule has 3 rings (SSSR count). The normalized spacial score (nSPS) is 19.0. The SMILES string of the molecule is CC(=O)N1CCC[C@@H]1C(=O)N(Cc1cccc2c1OCO2)C(C)C. The van der Waals surface area contributed by atoms with Crippen molar-refractivity contribution in [3.05, 3.63) is 23.8 Å². The predicted molar refractivity (Wildman–Crippen MR) is 88.7 cm³/mol. The Morgan fingerprint density at radius 2 is 2.12 bits per heavy atom. The molecule has 0 aromatic heterocycles. The van der Waals surface area contributed by atoms with E-state index in [4.69, 9.17) is 9.47 Å². The molecule has 2 aliphatic heterocycles. The highest BCUT2D eigenvalue weighted by molar-refractivity contribution is 5.87. The smallest absolute Gasteiger partial charge is 0.245 e. The molecule has 1 atom stereocenters. The van der Waals surface area contributed by atoms with Gasteiger partial charge in [-0.15, -0.1) is 0 Å². The zero-order valence-corrected chi connectivity index (χ0v) is 14.4. The molecule has 0 saturated carbocycles. The number of likely N-dealkylation sites (tertiary alicyclic amines) is 1. The van der Waals surface area contributed by atoms with Crippen molar-refractivity contribution in [2.24, 2.45) is 0 Å². The Hall–Kier alpha value is -2.24. The van der Waals surface area contributed by atoms with Crippen LogP contribution in [0.5, 0.6) is 11.5 Å². The van der Waals surface area contributed by atoms with Crippen molar-refractivity contribution in [2.45, 2.75) is 52.2 Å². The summed E-state index contributed by atoms with van der Waals surface area (Å²) >= 11 is 0. The Kier molecular flexibility index (Phi) is 4.64. The van der Waals surface area contributed by atoms with Gasteiger partial charge in [0.25, 0.3) is 0 Å². The number of carbonyl (C=O) groups is 2. The summed E-state index contributed by atoms with van der Waals surface area (Å²) in [6, 6.07) is 5.41. The van der Waals surface area contributed by atoms with E-state index in [0.717, 1.165) is 24.2 Å². The first-order valence-electron chi connectivity index (χ1n) is 8.44. The van der Waals surface area contributed by atoms with Gasteiger partial charge >= 0.3 is 0 Å². The summed E-state index contributed by atoms with van der Waals surface area (Å²) < 4.78 is 11.0. The minimum Gasteiger partial charge on any atom is -0.454 e. The Morgan fingerprint density at radius 1 is 1.33 bits per heavy atom. The summed E-state index contributed by atoms with van der Waals surface area (Å²) in [6.45, 7) is 6.83. The molecular weight excluding hydrogens is 308 g/mol. The largest absolute Gasteiger partial charge is 0.454 e. The van der Waals surface area contributed by atoms with Crippen molar-refractivity contribution in [3.63, 3.8) is 0 Å². The molecule has 6 heteroatoms. The molecule has 1 aromatic rings. The molecule has 0 spiro atoms. The van der Waals surface area contributed by atoms with Crippen LogP contribution in [0.2, 0.25) is 0 Å². The summed E-state index contributed by atoms with van der Waals surface area (Å²) in [5.41, 5.74) is 0.930. The van der Waals surface area contributed by atoms with Gasteiger partial charge in [0, 0.05) is 31.6 Å². The Balaban J connectivity index is 1.82. The van der Waals surface area contributed by atoms with Gasteiger partial charge in [-0.2, -0.15) is 0 Å². The van der Waals surface area contributed by atoms with Crippen molar-refractivity contribution < 1.29 is 19.1 Å². The van der Waals surface area contributed by atoms with E-state index in [-0.39, 0.29) is 30.7 Å². The number of fused-ring (bicyclic) bond motifs is 1. The number of carbonyl (C=O) groups excluding carboxylic acids is 2. The van der Waals surface area contributed by atoms with E-state index in [0.29, 0.717) is 18.8 Å². The second kappa shape index (κ2) is 6.71. The van der Waals surface area contributed by atoms with Crippen LogP contribution in [-0.4, -0.2) is 47.0 Å². The first-order chi connectivity index (χ1) is 11.5. The monoisotopic (exact) mass is 332 g/mol. The standard InChI is InChI=1S/C18H24N2O4/c1-12(2)20(18(22)15-7-5-9-19(15)13(3)21)10-14-6-4-8-16-17(14)24-11-23-16/h4,6,8,12,15H,5,7,9-11H2,1-3H3/t15-/m1/s1. The Labute approximate surface area is 142 Å². The quantitative estimate of drug-likeness (QED) is 0.848. The van der Waals surface area contributed by atoms with Crippen LogP contribution in [0.25, 0.3) is 0 Å². The van der Waals surface area contributed by atoms with Gasteiger partial charge in [0.05, 0.1) is 0 Å².